The van der Waals surface area contributed by atoms with Gasteiger partial charge in [0.1, 0.15) is 0 Å². The van der Waals surface area contributed by atoms with Gasteiger partial charge in [0.2, 0.25) is 0 Å². The van der Waals surface area contributed by atoms with Crippen LogP contribution in [-0.2, 0) is 31.9 Å². The van der Waals surface area contributed by atoms with E-state index < -0.39 is 5.41 Å². The van der Waals surface area contributed by atoms with Gasteiger partial charge in [0, 0.05) is 27.2 Å². The smallest absolute Gasteiger partial charge is 0.510 e. The van der Waals surface area contributed by atoms with Crippen LogP contribution in [0.2, 0.25) is 0 Å². The summed E-state index contributed by atoms with van der Waals surface area (Å²) in [4.78, 5) is 8.38. The molecule has 1 unspecified atom stereocenters. The molecule has 5 aromatic rings. The zero-order valence-corrected chi connectivity index (χ0v) is 28.1. The number of hydrogen-bond donors (Lipinski definition) is 0. The molecule has 4 aromatic carbocycles. The molecule has 0 aliphatic carbocycles. The maximum atomic E-state index is 3.92. The van der Waals surface area contributed by atoms with E-state index in [9.17, 15) is 0 Å². The molecule has 4 heterocycles. The predicted molar refractivity (Wildman–Crippen MR) is 177 cm³/mol. The van der Waals surface area contributed by atoms with Gasteiger partial charge in [0.05, 0.1) is 0 Å². The van der Waals surface area contributed by atoms with Crippen LogP contribution in [0.5, 0.6) is 0 Å². The third kappa shape index (κ3) is 4.16. The van der Waals surface area contributed by atoms with Crippen molar-refractivity contribution in [3.63, 3.8) is 0 Å². The Labute approximate surface area is 274 Å². The average Bonchev–Trinajstić information content (AvgIpc) is 3.72. The van der Waals surface area contributed by atoms with Crippen LogP contribution in [0.4, 0.5) is 11.4 Å². The second-order valence-electron chi connectivity index (χ2n) is 13.2. The molecule has 0 radical (unpaired) electrons. The topological polar surface area (TPSA) is 17.9 Å². The molecule has 5 nitrogen and oxygen atoms in total. The molecule has 0 amide bonds. The number of nitrogens with zero attached hydrogens (tertiary/aromatic N) is 5. The summed E-state index contributed by atoms with van der Waals surface area (Å²) in [5, 5.41) is 2.57. The monoisotopic (exact) mass is 756 g/mol. The molecule has 1 atom stereocenters. The van der Waals surface area contributed by atoms with Gasteiger partial charge in [-0.25, -0.2) is 0 Å². The van der Waals surface area contributed by atoms with Crippen LogP contribution in [0.1, 0.15) is 49.9 Å². The zero-order valence-electron chi connectivity index (χ0n) is 25.9. The van der Waals surface area contributed by atoms with Crippen molar-refractivity contribution < 1.29 is 21.1 Å². The minimum absolute atomic E-state index is 0. The maximum Gasteiger partial charge on any atom is 4.00 e. The Bertz CT molecular complexity index is 2000. The molecule has 0 saturated carbocycles. The second-order valence-corrected chi connectivity index (χ2v) is 13.2. The van der Waals surface area contributed by atoms with Crippen LogP contribution >= 0.6 is 0 Å². The van der Waals surface area contributed by atoms with E-state index in [1.165, 1.54) is 32.9 Å². The van der Waals surface area contributed by atoms with Crippen molar-refractivity contribution in [2.24, 2.45) is 0 Å². The van der Waals surface area contributed by atoms with E-state index in [4.69, 9.17) is 0 Å². The van der Waals surface area contributed by atoms with Gasteiger partial charge < -0.3 is 24.2 Å². The molecule has 0 fully saturated rings. The summed E-state index contributed by atoms with van der Waals surface area (Å²) in [5.74, 6) is 0. The molecule has 0 saturated heterocycles. The first-order valence-electron chi connectivity index (χ1n) is 14.9. The summed E-state index contributed by atoms with van der Waals surface area (Å²) in [7, 11) is 4.09. The van der Waals surface area contributed by atoms with Gasteiger partial charge in [-0.05, 0) is 67.6 Å². The van der Waals surface area contributed by atoms with Crippen molar-refractivity contribution in [1.82, 2.24) is 14.4 Å². The summed E-state index contributed by atoms with van der Waals surface area (Å²) in [6.45, 7) is 13.4. The van der Waals surface area contributed by atoms with E-state index in [0.29, 0.717) is 0 Å². The van der Waals surface area contributed by atoms with Gasteiger partial charge in [-0.2, -0.15) is 43.7 Å². The van der Waals surface area contributed by atoms with E-state index in [-0.39, 0.29) is 26.5 Å². The summed E-state index contributed by atoms with van der Waals surface area (Å²) >= 11 is 0. The normalized spacial score (nSPS) is 19.0. The number of para-hydroxylation sites is 1. The summed E-state index contributed by atoms with van der Waals surface area (Å²) in [6.07, 6.45) is 8.28. The van der Waals surface area contributed by atoms with Crippen LogP contribution in [0, 0.1) is 25.5 Å². The molecule has 0 bridgehead atoms. The van der Waals surface area contributed by atoms with Crippen molar-refractivity contribution in [1.29, 1.82) is 0 Å². The quantitative estimate of drug-likeness (QED) is 0.174. The molecule has 0 N–H and O–H groups in total. The maximum absolute atomic E-state index is 3.92. The van der Waals surface area contributed by atoms with Gasteiger partial charge in [0.15, 0.2) is 0 Å². The van der Waals surface area contributed by atoms with Crippen molar-refractivity contribution >= 4 is 33.2 Å². The van der Waals surface area contributed by atoms with E-state index in [1.807, 2.05) is 14.1 Å². The molecule has 6 heteroatoms. The molecular weight excluding hydrogens is 722 g/mol. The van der Waals surface area contributed by atoms with Gasteiger partial charge in [-0.15, -0.1) is 34.6 Å². The van der Waals surface area contributed by atoms with E-state index in [1.54, 1.807) is 0 Å². The van der Waals surface area contributed by atoms with Gasteiger partial charge in [-0.3, -0.25) is 0 Å². The molecule has 8 rings (SSSR count). The van der Waals surface area contributed by atoms with Crippen molar-refractivity contribution in [3.05, 3.63) is 139 Å². The molecule has 0 spiro atoms. The van der Waals surface area contributed by atoms with Gasteiger partial charge >= 0.3 is 21.1 Å². The Morgan fingerprint density at radius 2 is 1.41 bits per heavy atom. The second kappa shape index (κ2) is 10.0. The van der Waals surface area contributed by atoms with Crippen LogP contribution < -0.4 is 9.80 Å². The van der Waals surface area contributed by atoms with E-state index in [0.717, 1.165) is 28.2 Å². The van der Waals surface area contributed by atoms with Crippen LogP contribution in [0.15, 0.2) is 91.5 Å². The first-order valence-corrected chi connectivity index (χ1v) is 14.9. The van der Waals surface area contributed by atoms with Crippen LogP contribution in [0.3, 0.4) is 0 Å². The van der Waals surface area contributed by atoms with Crippen LogP contribution in [0.25, 0.3) is 27.5 Å². The van der Waals surface area contributed by atoms with E-state index >= 15 is 0 Å². The first kappa shape index (κ1) is 28.8. The first-order chi connectivity index (χ1) is 20.6. The number of rotatable bonds is 3. The number of anilines is 2. The largest absolute Gasteiger partial charge is 4.00 e. The summed E-state index contributed by atoms with van der Waals surface area (Å²) in [5.41, 5.74) is 10.1. The fourth-order valence-corrected chi connectivity index (χ4v) is 6.88. The van der Waals surface area contributed by atoms with Gasteiger partial charge in [-0.1, -0.05) is 57.6 Å². The number of hydrogen-bond acceptors (Lipinski definition) is 4. The molecule has 3 aliphatic rings. The summed E-state index contributed by atoms with van der Waals surface area (Å²) < 4.78 is 2.47. The Balaban J connectivity index is 0.00000312. The fraction of sp³-hybridized carbons (Fsp3) is 0.211. The van der Waals surface area contributed by atoms with Gasteiger partial charge in [0.25, 0.3) is 0 Å². The minimum Gasteiger partial charge on any atom is -0.510 e. The SMILES string of the molecule is CN1C=CN(c2[c-]c(C3(C)c4[c-]c(N5C=CN(C)[CH-]5)ccc4-n4c5ccc(C(C)(C)C)cc5c5cccc3c54)ccc2)[CH-]1.[Pt+4]. The van der Waals surface area contributed by atoms with Crippen molar-refractivity contribution in [2.75, 3.05) is 23.9 Å². The van der Waals surface area contributed by atoms with Crippen LogP contribution in [-0.4, -0.2) is 28.5 Å². The molecule has 1 aromatic heterocycles. The Morgan fingerprint density at radius 3 is 2.07 bits per heavy atom. The molecule has 3 aliphatic heterocycles. The molecular formula is C38H35N5Pt. The summed E-state index contributed by atoms with van der Waals surface area (Å²) in [6, 6.07) is 32.5. The number of benzene rings is 4. The Kier molecular flexibility index (Phi) is 6.57. The van der Waals surface area contributed by atoms with Crippen molar-refractivity contribution in [3.8, 4) is 5.69 Å². The Morgan fingerprint density at radius 1 is 0.727 bits per heavy atom. The number of fused-ring (bicyclic) bond motifs is 5. The zero-order chi connectivity index (χ0) is 29.7. The third-order valence-electron chi connectivity index (χ3n) is 9.25. The predicted octanol–water partition coefficient (Wildman–Crippen LogP) is 8.03. The molecule has 222 valence electrons. The minimum atomic E-state index is -0.497. The third-order valence-corrected chi connectivity index (χ3v) is 9.25. The standard InChI is InChI=1S/C38H35N5.Pt/c1-37(2,3)26-13-15-34-31(22-26)30-11-8-12-32-36(30)43(34)35-16-14-29(42-20-18-40(6)25-42)23-33(35)38(32,4)27-9-7-10-28(21-27)41-19-17-39(5)24-41;/h7-20,22,24-25H,1-6H3;/q-4;+4. The average molecular weight is 757 g/mol. The molecule has 44 heavy (non-hydrogen) atoms. The number of aromatic nitrogens is 1. The Hall–Kier alpha value is -3.95. The van der Waals surface area contributed by atoms with Crippen molar-refractivity contribution in [2.45, 2.75) is 38.5 Å². The fourth-order valence-electron chi connectivity index (χ4n) is 6.88. The van der Waals surface area contributed by atoms with E-state index in [2.05, 4.69) is 169 Å².